The summed E-state index contributed by atoms with van der Waals surface area (Å²) in [4.78, 5) is 9.83. The summed E-state index contributed by atoms with van der Waals surface area (Å²) in [5.74, 6) is 0.999. The fraction of sp³-hybridized carbons (Fsp3) is 0.267. The van der Waals surface area contributed by atoms with Gasteiger partial charge in [-0.2, -0.15) is 15.5 Å². The van der Waals surface area contributed by atoms with E-state index in [9.17, 15) is 5.26 Å². The van der Waals surface area contributed by atoms with Crippen LogP contribution in [0.1, 0.15) is 24.0 Å². The second-order valence-corrected chi connectivity index (χ2v) is 9.87. The Bertz CT molecular complexity index is 1570. The minimum atomic E-state index is 0.547. The standard InChI is InChI=1S/C30H30N8/c1-35-21-27(19-33-35)25-15-28(30-26(16-31)18-34-38(30)22-25)24-9-10-29(32-17-24)37-13-5-11-36(12-6-14-37)20-23-7-3-2-4-8-23/h2-4,7-10,15,17-19,21-22H,5-6,11-14,20H2,1H3. The summed E-state index contributed by atoms with van der Waals surface area (Å²) in [5.41, 5.74) is 6.59. The van der Waals surface area contributed by atoms with Crippen molar-refractivity contribution in [3.63, 3.8) is 0 Å². The Kier molecular flexibility index (Phi) is 6.59. The van der Waals surface area contributed by atoms with Crippen LogP contribution in [0.2, 0.25) is 0 Å². The molecule has 38 heavy (non-hydrogen) atoms. The van der Waals surface area contributed by atoms with Crippen molar-refractivity contribution in [1.82, 2.24) is 29.3 Å². The lowest BCUT2D eigenvalue weighted by Gasteiger charge is -2.31. The first-order chi connectivity index (χ1) is 18.7. The van der Waals surface area contributed by atoms with Crippen molar-refractivity contribution in [2.24, 2.45) is 7.05 Å². The van der Waals surface area contributed by atoms with Crippen LogP contribution in [-0.2, 0) is 13.6 Å². The van der Waals surface area contributed by atoms with E-state index in [1.807, 2.05) is 31.8 Å². The largest absolute Gasteiger partial charge is 0.357 e. The molecule has 0 saturated carbocycles. The van der Waals surface area contributed by atoms with Crippen molar-refractivity contribution in [2.75, 3.05) is 31.1 Å². The molecule has 1 saturated heterocycles. The summed E-state index contributed by atoms with van der Waals surface area (Å²) in [6.07, 6.45) is 11.5. The smallest absolute Gasteiger partial charge is 0.128 e. The number of nitrogens with zero attached hydrogens (tertiary/aromatic N) is 8. The van der Waals surface area contributed by atoms with Gasteiger partial charge in [-0.25, -0.2) is 9.50 Å². The summed E-state index contributed by atoms with van der Waals surface area (Å²) < 4.78 is 3.56. The third kappa shape index (κ3) is 4.89. The van der Waals surface area contributed by atoms with Crippen molar-refractivity contribution >= 4 is 11.3 Å². The van der Waals surface area contributed by atoms with Crippen molar-refractivity contribution in [1.29, 1.82) is 5.26 Å². The molecule has 0 radical (unpaired) electrons. The summed E-state index contributed by atoms with van der Waals surface area (Å²) >= 11 is 0. The van der Waals surface area contributed by atoms with Gasteiger partial charge in [0.05, 0.1) is 23.5 Å². The van der Waals surface area contributed by atoms with Crippen LogP contribution in [0, 0.1) is 11.3 Å². The molecule has 0 unspecified atom stereocenters. The number of aryl methyl sites for hydroxylation is 1. The Morgan fingerprint density at radius 1 is 0.842 bits per heavy atom. The van der Waals surface area contributed by atoms with Crippen molar-refractivity contribution in [3.8, 4) is 28.3 Å². The first-order valence-electron chi connectivity index (χ1n) is 13.1. The maximum Gasteiger partial charge on any atom is 0.128 e. The molecule has 0 bridgehead atoms. The third-order valence-electron chi connectivity index (χ3n) is 7.21. The summed E-state index contributed by atoms with van der Waals surface area (Å²) in [5, 5.41) is 18.5. The van der Waals surface area contributed by atoms with Gasteiger partial charge in [-0.3, -0.25) is 9.58 Å². The van der Waals surface area contributed by atoms with Gasteiger partial charge in [0.15, 0.2) is 0 Å². The highest BCUT2D eigenvalue weighted by molar-refractivity contribution is 5.87. The number of aromatic nitrogens is 5. The average molecular weight is 503 g/mol. The lowest BCUT2D eigenvalue weighted by Crippen LogP contribution is -2.36. The average Bonchev–Trinajstić information content (AvgIpc) is 3.56. The Hall–Kier alpha value is -4.48. The van der Waals surface area contributed by atoms with Gasteiger partial charge in [0, 0.05) is 80.6 Å². The molecule has 1 aliphatic rings. The number of nitriles is 1. The van der Waals surface area contributed by atoms with Crippen LogP contribution in [0.5, 0.6) is 0 Å². The Balaban J connectivity index is 1.22. The van der Waals surface area contributed by atoms with Gasteiger partial charge in [0.2, 0.25) is 0 Å². The van der Waals surface area contributed by atoms with E-state index >= 15 is 0 Å². The monoisotopic (exact) mass is 502 g/mol. The van der Waals surface area contributed by atoms with Crippen LogP contribution in [-0.4, -0.2) is 55.5 Å². The van der Waals surface area contributed by atoms with Crippen LogP contribution in [0.25, 0.3) is 27.8 Å². The SMILES string of the molecule is Cn1cc(-c2cc(-c3ccc(N4CCCN(Cc5ccccc5)CCC4)nc3)c3c(C#N)cnn3c2)cn1. The molecule has 5 aromatic rings. The number of pyridine rings is 2. The minimum Gasteiger partial charge on any atom is -0.357 e. The third-order valence-corrected chi connectivity index (χ3v) is 7.21. The number of rotatable bonds is 5. The minimum absolute atomic E-state index is 0.547. The quantitative estimate of drug-likeness (QED) is 0.345. The predicted octanol–water partition coefficient (Wildman–Crippen LogP) is 4.77. The fourth-order valence-corrected chi connectivity index (χ4v) is 5.31. The second kappa shape index (κ2) is 10.5. The molecule has 8 nitrogen and oxygen atoms in total. The van der Waals surface area contributed by atoms with E-state index in [0.29, 0.717) is 5.56 Å². The maximum atomic E-state index is 9.71. The van der Waals surface area contributed by atoms with Crippen LogP contribution in [0.4, 0.5) is 5.82 Å². The molecule has 1 aliphatic heterocycles. The first-order valence-corrected chi connectivity index (χ1v) is 13.1. The molecule has 0 spiro atoms. The normalized spacial score (nSPS) is 14.8. The lowest BCUT2D eigenvalue weighted by atomic mass is 10.0. The molecule has 1 aromatic carbocycles. The highest BCUT2D eigenvalue weighted by Crippen LogP contribution is 2.32. The highest BCUT2D eigenvalue weighted by atomic mass is 15.2. The van der Waals surface area contributed by atoms with E-state index in [-0.39, 0.29) is 0 Å². The predicted molar refractivity (Wildman–Crippen MR) is 149 cm³/mol. The molecule has 0 aliphatic carbocycles. The molecule has 0 N–H and O–H groups in total. The van der Waals surface area contributed by atoms with Crippen molar-refractivity contribution < 1.29 is 0 Å². The number of anilines is 1. The molecular weight excluding hydrogens is 472 g/mol. The molecule has 190 valence electrons. The van der Waals surface area contributed by atoms with E-state index in [4.69, 9.17) is 4.98 Å². The van der Waals surface area contributed by atoms with Crippen molar-refractivity contribution in [3.05, 3.63) is 90.6 Å². The van der Waals surface area contributed by atoms with Crippen LogP contribution in [0.3, 0.4) is 0 Å². The summed E-state index contributed by atoms with van der Waals surface area (Å²) in [6.45, 7) is 5.15. The molecule has 0 amide bonds. The molecular formula is C30H30N8. The van der Waals surface area contributed by atoms with Crippen LogP contribution < -0.4 is 4.90 Å². The van der Waals surface area contributed by atoms with E-state index in [1.165, 1.54) is 5.56 Å². The van der Waals surface area contributed by atoms with E-state index in [0.717, 1.165) is 79.2 Å². The fourth-order valence-electron chi connectivity index (χ4n) is 5.31. The number of benzene rings is 1. The van der Waals surface area contributed by atoms with E-state index in [2.05, 4.69) is 74.6 Å². The summed E-state index contributed by atoms with van der Waals surface area (Å²) in [7, 11) is 1.90. The Morgan fingerprint density at radius 3 is 2.34 bits per heavy atom. The topological polar surface area (TPSA) is 78.3 Å². The lowest BCUT2D eigenvalue weighted by molar-refractivity contribution is 0.251. The number of fused-ring (bicyclic) bond motifs is 1. The number of hydrogen-bond donors (Lipinski definition) is 0. The zero-order valence-electron chi connectivity index (χ0n) is 21.5. The van der Waals surface area contributed by atoms with Gasteiger partial charge in [-0.15, -0.1) is 0 Å². The first kappa shape index (κ1) is 23.9. The molecule has 4 aromatic heterocycles. The highest BCUT2D eigenvalue weighted by Gasteiger charge is 2.17. The zero-order chi connectivity index (χ0) is 25.9. The van der Waals surface area contributed by atoms with E-state index < -0.39 is 0 Å². The molecule has 1 fully saturated rings. The van der Waals surface area contributed by atoms with Gasteiger partial charge in [-0.05, 0) is 36.6 Å². The van der Waals surface area contributed by atoms with Gasteiger partial charge in [-0.1, -0.05) is 30.3 Å². The van der Waals surface area contributed by atoms with Gasteiger partial charge < -0.3 is 4.90 Å². The van der Waals surface area contributed by atoms with Gasteiger partial charge >= 0.3 is 0 Å². The maximum absolute atomic E-state index is 9.71. The molecule has 0 atom stereocenters. The molecule has 8 heteroatoms. The molecule has 6 rings (SSSR count). The Morgan fingerprint density at radius 2 is 1.66 bits per heavy atom. The number of hydrogen-bond acceptors (Lipinski definition) is 6. The van der Waals surface area contributed by atoms with E-state index in [1.54, 1.807) is 15.4 Å². The van der Waals surface area contributed by atoms with Crippen molar-refractivity contribution in [2.45, 2.75) is 19.4 Å². The van der Waals surface area contributed by atoms with Gasteiger partial charge in [0.25, 0.3) is 0 Å². The van der Waals surface area contributed by atoms with Crippen LogP contribution in [0.15, 0.2) is 79.5 Å². The van der Waals surface area contributed by atoms with Gasteiger partial charge in [0.1, 0.15) is 11.9 Å². The zero-order valence-corrected chi connectivity index (χ0v) is 21.5. The van der Waals surface area contributed by atoms with Crippen LogP contribution >= 0.6 is 0 Å². The Labute approximate surface area is 222 Å². The summed E-state index contributed by atoms with van der Waals surface area (Å²) in [6, 6.07) is 19.3. The second-order valence-electron chi connectivity index (χ2n) is 9.87. The molecule has 5 heterocycles.